The van der Waals surface area contributed by atoms with E-state index in [-0.39, 0.29) is 17.3 Å². The predicted molar refractivity (Wildman–Crippen MR) is 113 cm³/mol. The van der Waals surface area contributed by atoms with Crippen LogP contribution in [0.5, 0.6) is 0 Å². The largest absolute Gasteiger partial charge is 0.337 e. The Labute approximate surface area is 172 Å². The molecule has 0 aliphatic heterocycles. The zero-order valence-electron chi connectivity index (χ0n) is 16.4. The van der Waals surface area contributed by atoms with E-state index < -0.39 is 0 Å². The third-order valence-electron chi connectivity index (χ3n) is 5.49. The van der Waals surface area contributed by atoms with Gasteiger partial charge in [-0.05, 0) is 49.6 Å². The lowest BCUT2D eigenvalue weighted by Gasteiger charge is -2.12. The van der Waals surface area contributed by atoms with Crippen LogP contribution in [-0.4, -0.2) is 18.7 Å². The second kappa shape index (κ2) is 6.85. The second-order valence-electron chi connectivity index (χ2n) is 7.71. The Hall–Kier alpha value is -3.92. The highest BCUT2D eigenvalue weighted by Crippen LogP contribution is 2.32. The molecule has 2 aromatic carbocycles. The van der Waals surface area contributed by atoms with E-state index in [1.807, 2.05) is 43.3 Å². The Bertz CT molecular complexity index is 1410. The molecule has 0 saturated heterocycles. The van der Waals surface area contributed by atoms with Crippen molar-refractivity contribution in [3.05, 3.63) is 92.4 Å². The molecule has 1 aliphatic carbocycles. The first-order valence-corrected chi connectivity index (χ1v) is 9.85. The van der Waals surface area contributed by atoms with Gasteiger partial charge >= 0.3 is 5.69 Å². The number of nitrogens with zero attached hydrogens (tertiary/aromatic N) is 5. The molecule has 7 nitrogen and oxygen atoms in total. The lowest BCUT2D eigenvalue weighted by atomic mass is 10.1. The number of hydrogen-bond acceptors (Lipinski definition) is 4. The minimum absolute atomic E-state index is 0.0515. The van der Waals surface area contributed by atoms with Gasteiger partial charge in [0.05, 0.1) is 23.6 Å². The van der Waals surface area contributed by atoms with Crippen molar-refractivity contribution in [3.8, 4) is 11.8 Å². The minimum atomic E-state index is -0.345. The molecule has 1 saturated carbocycles. The van der Waals surface area contributed by atoms with Crippen LogP contribution in [0.25, 0.3) is 16.9 Å². The molecule has 2 heterocycles. The van der Waals surface area contributed by atoms with Gasteiger partial charge in [0.15, 0.2) is 11.2 Å². The lowest BCUT2D eigenvalue weighted by Crippen LogP contribution is -2.39. The SMILES string of the molecule is Cc1ccc(-n2c(=O)n(C3CC3)c(=O)c3c2ncn3Cc2ccc(C#N)cc2)cc1. The van der Waals surface area contributed by atoms with E-state index in [0.29, 0.717) is 29.0 Å². The molecule has 0 radical (unpaired) electrons. The quantitative estimate of drug-likeness (QED) is 0.530. The van der Waals surface area contributed by atoms with Crippen molar-refractivity contribution in [3.63, 3.8) is 0 Å². The van der Waals surface area contributed by atoms with Crippen molar-refractivity contribution in [2.24, 2.45) is 0 Å². The van der Waals surface area contributed by atoms with E-state index in [2.05, 4.69) is 11.1 Å². The van der Waals surface area contributed by atoms with Crippen molar-refractivity contribution < 1.29 is 0 Å². The van der Waals surface area contributed by atoms with Crippen molar-refractivity contribution in [1.29, 1.82) is 5.26 Å². The molecule has 0 bridgehead atoms. The fourth-order valence-corrected chi connectivity index (χ4v) is 3.74. The Morgan fingerprint density at radius 1 is 1.07 bits per heavy atom. The summed E-state index contributed by atoms with van der Waals surface area (Å²) in [4.78, 5) is 31.0. The van der Waals surface area contributed by atoms with Crippen LogP contribution in [0.1, 0.15) is 35.6 Å². The number of fused-ring (bicyclic) bond motifs is 1. The average Bonchev–Trinajstić information content (AvgIpc) is 3.50. The third kappa shape index (κ3) is 2.94. The first kappa shape index (κ1) is 18.1. The topological polar surface area (TPSA) is 85.6 Å². The van der Waals surface area contributed by atoms with E-state index in [1.54, 1.807) is 23.0 Å². The average molecular weight is 397 g/mol. The molecule has 1 aliphatic rings. The monoisotopic (exact) mass is 397 g/mol. The predicted octanol–water partition coefficient (Wildman–Crippen LogP) is 2.91. The van der Waals surface area contributed by atoms with Gasteiger partial charge in [0.2, 0.25) is 0 Å². The molecule has 0 amide bonds. The van der Waals surface area contributed by atoms with Crippen LogP contribution in [0.15, 0.2) is 64.4 Å². The zero-order valence-corrected chi connectivity index (χ0v) is 16.4. The van der Waals surface area contributed by atoms with Crippen LogP contribution in [0.3, 0.4) is 0 Å². The molecule has 30 heavy (non-hydrogen) atoms. The second-order valence-corrected chi connectivity index (χ2v) is 7.71. The Balaban J connectivity index is 1.73. The zero-order chi connectivity index (χ0) is 20.8. The van der Waals surface area contributed by atoms with Crippen molar-refractivity contribution in [1.82, 2.24) is 18.7 Å². The minimum Gasteiger partial charge on any atom is -0.320 e. The number of rotatable bonds is 4. The molecule has 7 heteroatoms. The van der Waals surface area contributed by atoms with Crippen LogP contribution < -0.4 is 11.2 Å². The molecular weight excluding hydrogens is 378 g/mol. The summed E-state index contributed by atoms with van der Waals surface area (Å²) in [6.07, 6.45) is 3.27. The number of nitriles is 1. The standard InChI is InChI=1S/C23H19N5O2/c1-15-2-8-18(9-3-15)27-21-20(22(29)28(23(27)30)19-10-11-19)26(14-25-21)13-17-6-4-16(12-24)5-7-17/h2-9,14,19H,10-11,13H2,1H3. The maximum absolute atomic E-state index is 13.3. The van der Waals surface area contributed by atoms with Crippen LogP contribution >= 0.6 is 0 Å². The molecule has 0 atom stereocenters. The highest BCUT2D eigenvalue weighted by atomic mass is 16.2. The summed E-state index contributed by atoms with van der Waals surface area (Å²) in [5, 5.41) is 8.99. The lowest BCUT2D eigenvalue weighted by molar-refractivity contribution is 0.639. The van der Waals surface area contributed by atoms with Crippen LogP contribution in [-0.2, 0) is 6.54 Å². The normalized spacial score (nSPS) is 13.5. The molecule has 5 rings (SSSR count). The highest BCUT2D eigenvalue weighted by molar-refractivity contribution is 5.72. The van der Waals surface area contributed by atoms with Crippen LogP contribution in [0, 0.1) is 18.3 Å². The van der Waals surface area contributed by atoms with Gasteiger partial charge in [0.25, 0.3) is 5.56 Å². The molecule has 0 N–H and O–H groups in total. The smallest absolute Gasteiger partial charge is 0.320 e. The van der Waals surface area contributed by atoms with E-state index >= 15 is 0 Å². The first-order valence-electron chi connectivity index (χ1n) is 9.85. The fraction of sp³-hybridized carbons (Fsp3) is 0.217. The number of aromatic nitrogens is 4. The van der Waals surface area contributed by atoms with E-state index in [4.69, 9.17) is 5.26 Å². The van der Waals surface area contributed by atoms with Crippen LogP contribution in [0.2, 0.25) is 0 Å². The van der Waals surface area contributed by atoms with Gasteiger partial charge in [-0.15, -0.1) is 0 Å². The molecule has 2 aromatic heterocycles. The van der Waals surface area contributed by atoms with Crippen LogP contribution in [0.4, 0.5) is 0 Å². The highest BCUT2D eigenvalue weighted by Gasteiger charge is 2.30. The maximum Gasteiger partial charge on any atom is 0.337 e. The summed E-state index contributed by atoms with van der Waals surface area (Å²) < 4.78 is 4.69. The van der Waals surface area contributed by atoms with Gasteiger partial charge in [0, 0.05) is 12.6 Å². The summed E-state index contributed by atoms with van der Waals surface area (Å²) in [5.74, 6) is 0. The summed E-state index contributed by atoms with van der Waals surface area (Å²) in [6, 6.07) is 16.9. The van der Waals surface area contributed by atoms with E-state index in [1.165, 1.54) is 9.13 Å². The summed E-state index contributed by atoms with van der Waals surface area (Å²) in [5.41, 5.74) is 3.43. The summed E-state index contributed by atoms with van der Waals surface area (Å²) >= 11 is 0. The molecule has 148 valence electrons. The Morgan fingerprint density at radius 2 is 1.77 bits per heavy atom. The summed E-state index contributed by atoms with van der Waals surface area (Å²) in [6.45, 7) is 2.41. The summed E-state index contributed by atoms with van der Waals surface area (Å²) in [7, 11) is 0. The molecular formula is C23H19N5O2. The van der Waals surface area contributed by atoms with Gasteiger partial charge < -0.3 is 4.57 Å². The number of imidazole rings is 1. The van der Waals surface area contributed by atoms with Crippen molar-refractivity contribution in [2.75, 3.05) is 0 Å². The first-order chi connectivity index (χ1) is 14.6. The molecule has 0 spiro atoms. The number of benzene rings is 2. The third-order valence-corrected chi connectivity index (χ3v) is 5.49. The number of aryl methyl sites for hydroxylation is 1. The Morgan fingerprint density at radius 3 is 2.40 bits per heavy atom. The fourth-order valence-electron chi connectivity index (χ4n) is 3.74. The molecule has 4 aromatic rings. The van der Waals surface area contributed by atoms with Gasteiger partial charge in [0.1, 0.15) is 0 Å². The van der Waals surface area contributed by atoms with E-state index in [9.17, 15) is 9.59 Å². The molecule has 0 unspecified atom stereocenters. The number of hydrogen-bond donors (Lipinski definition) is 0. The Kier molecular flexibility index (Phi) is 4.14. The van der Waals surface area contributed by atoms with Gasteiger partial charge in [-0.3, -0.25) is 9.36 Å². The van der Waals surface area contributed by atoms with Gasteiger partial charge in [-0.2, -0.15) is 5.26 Å². The van der Waals surface area contributed by atoms with Crippen molar-refractivity contribution in [2.45, 2.75) is 32.4 Å². The van der Waals surface area contributed by atoms with E-state index in [0.717, 1.165) is 24.0 Å². The van der Waals surface area contributed by atoms with Gasteiger partial charge in [-0.25, -0.2) is 14.3 Å². The maximum atomic E-state index is 13.3. The van der Waals surface area contributed by atoms with Crippen molar-refractivity contribution >= 4 is 11.2 Å². The molecule has 1 fully saturated rings. The van der Waals surface area contributed by atoms with Gasteiger partial charge in [-0.1, -0.05) is 29.8 Å².